The Bertz CT molecular complexity index is 635. The maximum absolute atomic E-state index is 12.3. The predicted octanol–water partition coefficient (Wildman–Crippen LogP) is 0.974. The Hall–Kier alpha value is -2.37. The molecule has 110 valence electrons. The van der Waals surface area contributed by atoms with E-state index < -0.39 is 11.9 Å². The molecule has 2 aliphatic rings. The van der Waals surface area contributed by atoms with Crippen molar-refractivity contribution >= 4 is 23.5 Å². The van der Waals surface area contributed by atoms with Gasteiger partial charge in [-0.2, -0.15) is 0 Å². The zero-order chi connectivity index (χ0) is 15.1. The van der Waals surface area contributed by atoms with E-state index in [0.29, 0.717) is 25.1 Å². The average Bonchev–Trinajstić information content (AvgIpc) is 2.75. The number of amides is 2. The summed E-state index contributed by atoms with van der Waals surface area (Å²) in [6.07, 6.45) is 0.301. The van der Waals surface area contributed by atoms with Crippen molar-refractivity contribution in [1.82, 2.24) is 4.90 Å². The lowest BCUT2D eigenvalue weighted by Crippen LogP contribution is -2.53. The smallest absolute Gasteiger partial charge is 0.306 e. The van der Waals surface area contributed by atoms with E-state index in [1.807, 2.05) is 0 Å². The second-order valence-corrected chi connectivity index (χ2v) is 5.69. The molecule has 6 heteroatoms. The van der Waals surface area contributed by atoms with Gasteiger partial charge in [-0.3, -0.25) is 14.4 Å². The largest absolute Gasteiger partial charge is 0.481 e. The Morgan fingerprint density at radius 2 is 2.10 bits per heavy atom. The molecule has 1 saturated heterocycles. The standard InChI is InChI=1S/C15H16N2O4/c1-8(15(20)21)11-6-17(7-11)14(19)9-2-3-12-10(4-9)5-13(18)16-12/h2-4,8,11H,5-7H2,1H3,(H,16,18)(H,20,21). The summed E-state index contributed by atoms with van der Waals surface area (Å²) in [5.74, 6) is -1.41. The molecule has 0 bridgehead atoms. The third-order valence-electron chi connectivity index (χ3n) is 4.27. The minimum absolute atomic E-state index is 0.0177. The van der Waals surface area contributed by atoms with Crippen molar-refractivity contribution in [2.45, 2.75) is 13.3 Å². The molecule has 21 heavy (non-hydrogen) atoms. The van der Waals surface area contributed by atoms with E-state index in [2.05, 4.69) is 5.32 Å². The van der Waals surface area contributed by atoms with E-state index in [1.165, 1.54) is 0 Å². The molecular formula is C15H16N2O4. The molecule has 3 rings (SSSR count). The first-order chi connectivity index (χ1) is 9.95. The molecule has 0 radical (unpaired) electrons. The number of nitrogens with zero attached hydrogens (tertiary/aromatic N) is 1. The van der Waals surface area contributed by atoms with Crippen LogP contribution in [0.3, 0.4) is 0 Å². The molecular weight excluding hydrogens is 272 g/mol. The summed E-state index contributed by atoms with van der Waals surface area (Å²) in [6, 6.07) is 5.18. The Balaban J connectivity index is 1.67. The maximum atomic E-state index is 12.3. The summed E-state index contributed by atoms with van der Waals surface area (Å²) < 4.78 is 0. The summed E-state index contributed by atoms with van der Waals surface area (Å²) in [5, 5.41) is 11.7. The van der Waals surface area contributed by atoms with Crippen LogP contribution in [-0.2, 0) is 16.0 Å². The van der Waals surface area contributed by atoms with Crippen molar-refractivity contribution in [3.63, 3.8) is 0 Å². The fourth-order valence-corrected chi connectivity index (χ4v) is 2.74. The molecule has 0 spiro atoms. The zero-order valence-electron chi connectivity index (χ0n) is 11.6. The quantitative estimate of drug-likeness (QED) is 0.868. The van der Waals surface area contributed by atoms with E-state index in [0.717, 1.165) is 11.3 Å². The van der Waals surface area contributed by atoms with Crippen molar-refractivity contribution in [1.29, 1.82) is 0 Å². The molecule has 1 atom stereocenters. The van der Waals surface area contributed by atoms with Crippen molar-refractivity contribution in [3.8, 4) is 0 Å². The monoisotopic (exact) mass is 288 g/mol. The molecule has 2 heterocycles. The molecule has 6 nitrogen and oxygen atoms in total. The molecule has 1 fully saturated rings. The van der Waals surface area contributed by atoms with Crippen molar-refractivity contribution in [3.05, 3.63) is 29.3 Å². The molecule has 1 unspecified atom stereocenters. The van der Waals surface area contributed by atoms with Gasteiger partial charge in [0, 0.05) is 30.3 Å². The van der Waals surface area contributed by atoms with E-state index >= 15 is 0 Å². The van der Waals surface area contributed by atoms with Crippen LogP contribution in [0.4, 0.5) is 5.69 Å². The van der Waals surface area contributed by atoms with E-state index in [9.17, 15) is 14.4 Å². The lowest BCUT2D eigenvalue weighted by molar-refractivity contribution is -0.144. The highest BCUT2D eigenvalue weighted by atomic mass is 16.4. The van der Waals surface area contributed by atoms with Crippen LogP contribution in [0.25, 0.3) is 0 Å². The topological polar surface area (TPSA) is 86.7 Å². The van der Waals surface area contributed by atoms with Gasteiger partial charge < -0.3 is 15.3 Å². The summed E-state index contributed by atoms with van der Waals surface area (Å²) in [4.78, 5) is 36.2. The Labute approximate surface area is 121 Å². The first kappa shape index (κ1) is 13.6. The van der Waals surface area contributed by atoms with Gasteiger partial charge in [-0.25, -0.2) is 0 Å². The van der Waals surface area contributed by atoms with Gasteiger partial charge in [-0.1, -0.05) is 6.92 Å². The number of benzene rings is 1. The number of carbonyl (C=O) groups excluding carboxylic acids is 2. The van der Waals surface area contributed by atoms with Crippen LogP contribution in [0.2, 0.25) is 0 Å². The lowest BCUT2D eigenvalue weighted by Gasteiger charge is -2.41. The number of likely N-dealkylation sites (tertiary alicyclic amines) is 1. The zero-order valence-corrected chi connectivity index (χ0v) is 11.6. The summed E-state index contributed by atoms with van der Waals surface area (Å²) >= 11 is 0. The van der Waals surface area contributed by atoms with Gasteiger partial charge in [0.2, 0.25) is 5.91 Å². The number of hydrogen-bond acceptors (Lipinski definition) is 3. The number of anilines is 1. The molecule has 0 saturated carbocycles. The van der Waals surface area contributed by atoms with E-state index in [4.69, 9.17) is 5.11 Å². The molecule has 1 aromatic rings. The van der Waals surface area contributed by atoms with Crippen LogP contribution < -0.4 is 5.32 Å². The summed E-state index contributed by atoms with van der Waals surface area (Å²) in [6.45, 7) is 2.61. The van der Waals surface area contributed by atoms with Gasteiger partial charge in [0.15, 0.2) is 0 Å². The number of rotatable bonds is 3. The Morgan fingerprint density at radius 1 is 1.38 bits per heavy atom. The Kier molecular flexibility index (Phi) is 3.16. The number of carbonyl (C=O) groups is 3. The van der Waals surface area contributed by atoms with E-state index in [1.54, 1.807) is 30.0 Å². The molecule has 2 aliphatic heterocycles. The SMILES string of the molecule is CC(C(=O)O)C1CN(C(=O)c2ccc3c(c2)CC(=O)N3)C1. The van der Waals surface area contributed by atoms with Gasteiger partial charge >= 0.3 is 5.97 Å². The van der Waals surface area contributed by atoms with Gasteiger partial charge in [0.25, 0.3) is 5.91 Å². The highest BCUT2D eigenvalue weighted by molar-refractivity contribution is 6.01. The third-order valence-corrected chi connectivity index (χ3v) is 4.27. The second kappa shape index (κ2) is 4.87. The number of nitrogens with one attached hydrogen (secondary N) is 1. The number of hydrogen-bond donors (Lipinski definition) is 2. The van der Waals surface area contributed by atoms with Crippen LogP contribution in [0.1, 0.15) is 22.8 Å². The molecule has 1 aromatic carbocycles. The minimum Gasteiger partial charge on any atom is -0.481 e. The van der Waals surface area contributed by atoms with E-state index in [-0.39, 0.29) is 17.7 Å². The number of carboxylic acid groups (broad SMARTS) is 1. The predicted molar refractivity (Wildman–Crippen MR) is 75.0 cm³/mol. The lowest BCUT2D eigenvalue weighted by atomic mass is 9.86. The van der Waals surface area contributed by atoms with Gasteiger partial charge in [-0.15, -0.1) is 0 Å². The molecule has 2 N–H and O–H groups in total. The first-order valence-corrected chi connectivity index (χ1v) is 6.90. The van der Waals surface area contributed by atoms with Gasteiger partial charge in [0.1, 0.15) is 0 Å². The van der Waals surface area contributed by atoms with Crippen LogP contribution in [-0.4, -0.2) is 40.9 Å². The van der Waals surface area contributed by atoms with Crippen LogP contribution >= 0.6 is 0 Å². The van der Waals surface area contributed by atoms with Crippen LogP contribution in [0.15, 0.2) is 18.2 Å². The second-order valence-electron chi connectivity index (χ2n) is 5.69. The van der Waals surface area contributed by atoms with Crippen molar-refractivity contribution < 1.29 is 19.5 Å². The minimum atomic E-state index is -0.825. The average molecular weight is 288 g/mol. The van der Waals surface area contributed by atoms with Crippen LogP contribution in [0, 0.1) is 11.8 Å². The molecule has 0 aliphatic carbocycles. The first-order valence-electron chi connectivity index (χ1n) is 6.90. The number of fused-ring (bicyclic) bond motifs is 1. The van der Waals surface area contributed by atoms with Gasteiger partial charge in [-0.05, 0) is 23.8 Å². The normalized spacial score (nSPS) is 18.7. The fourth-order valence-electron chi connectivity index (χ4n) is 2.74. The fraction of sp³-hybridized carbons (Fsp3) is 0.400. The van der Waals surface area contributed by atoms with Crippen LogP contribution in [0.5, 0.6) is 0 Å². The maximum Gasteiger partial charge on any atom is 0.306 e. The summed E-state index contributed by atoms with van der Waals surface area (Å²) in [5.41, 5.74) is 2.14. The van der Waals surface area contributed by atoms with Crippen molar-refractivity contribution in [2.75, 3.05) is 18.4 Å². The van der Waals surface area contributed by atoms with Gasteiger partial charge in [0.05, 0.1) is 12.3 Å². The molecule has 0 aromatic heterocycles. The Morgan fingerprint density at radius 3 is 2.76 bits per heavy atom. The summed E-state index contributed by atoms with van der Waals surface area (Å²) in [7, 11) is 0. The van der Waals surface area contributed by atoms with Crippen molar-refractivity contribution in [2.24, 2.45) is 11.8 Å². The number of carboxylic acids is 1. The highest BCUT2D eigenvalue weighted by Crippen LogP contribution is 2.28. The number of aliphatic carboxylic acids is 1. The molecule has 2 amide bonds. The highest BCUT2D eigenvalue weighted by Gasteiger charge is 2.37. The third kappa shape index (κ3) is 2.37.